The van der Waals surface area contributed by atoms with Crippen LogP contribution in [-0.2, 0) is 4.74 Å². The lowest BCUT2D eigenvalue weighted by Crippen LogP contribution is -2.55. The Morgan fingerprint density at radius 2 is 1.44 bits per heavy atom. The minimum absolute atomic E-state index is 0.330. The standard InChI is InChI=1S/C15H30N2O/c1-12-10-16(11-13(2)18-12)14-6-8-17(9-7-14)15(3,4)5/h12-14H,6-11H2,1-5H3/t12-,13-/m0/s1. The normalized spacial score (nSPS) is 33.8. The van der Waals surface area contributed by atoms with Crippen molar-refractivity contribution in [3.05, 3.63) is 0 Å². The van der Waals surface area contributed by atoms with E-state index in [0.717, 1.165) is 19.1 Å². The first-order valence-electron chi connectivity index (χ1n) is 7.51. The molecule has 2 fully saturated rings. The molecular formula is C15H30N2O. The number of morpholine rings is 1. The minimum atomic E-state index is 0.330. The van der Waals surface area contributed by atoms with Crippen LogP contribution in [0.3, 0.4) is 0 Å². The molecule has 0 N–H and O–H groups in total. The van der Waals surface area contributed by atoms with Gasteiger partial charge in [-0.3, -0.25) is 9.80 Å². The summed E-state index contributed by atoms with van der Waals surface area (Å²) in [7, 11) is 0. The summed E-state index contributed by atoms with van der Waals surface area (Å²) in [5, 5.41) is 0. The van der Waals surface area contributed by atoms with E-state index in [2.05, 4.69) is 44.4 Å². The molecule has 3 heteroatoms. The Balaban J connectivity index is 1.86. The van der Waals surface area contributed by atoms with Gasteiger partial charge in [-0.25, -0.2) is 0 Å². The molecule has 18 heavy (non-hydrogen) atoms. The lowest BCUT2D eigenvalue weighted by molar-refractivity contribution is -0.0886. The molecule has 0 aromatic heterocycles. The highest BCUT2D eigenvalue weighted by Crippen LogP contribution is 2.25. The maximum Gasteiger partial charge on any atom is 0.0678 e. The predicted octanol–water partition coefficient (Wildman–Crippen LogP) is 2.36. The Hall–Kier alpha value is -0.120. The zero-order valence-corrected chi connectivity index (χ0v) is 12.8. The molecule has 3 nitrogen and oxygen atoms in total. The van der Waals surface area contributed by atoms with Crippen molar-refractivity contribution in [1.82, 2.24) is 9.80 Å². The van der Waals surface area contributed by atoms with Crippen molar-refractivity contribution >= 4 is 0 Å². The van der Waals surface area contributed by atoms with Gasteiger partial charge in [0.25, 0.3) is 0 Å². The monoisotopic (exact) mass is 254 g/mol. The van der Waals surface area contributed by atoms with Crippen LogP contribution in [-0.4, -0.2) is 59.8 Å². The van der Waals surface area contributed by atoms with E-state index < -0.39 is 0 Å². The average Bonchev–Trinajstić information content (AvgIpc) is 2.27. The first-order chi connectivity index (χ1) is 8.36. The van der Waals surface area contributed by atoms with E-state index in [1.807, 2.05) is 0 Å². The van der Waals surface area contributed by atoms with Gasteiger partial charge in [0.05, 0.1) is 12.2 Å². The maximum atomic E-state index is 5.83. The molecule has 2 rings (SSSR count). The molecule has 2 aliphatic heterocycles. The van der Waals surface area contributed by atoms with Crippen LogP contribution in [0, 0.1) is 0 Å². The van der Waals surface area contributed by atoms with E-state index in [9.17, 15) is 0 Å². The molecule has 0 bridgehead atoms. The lowest BCUT2D eigenvalue weighted by atomic mass is 9.96. The predicted molar refractivity (Wildman–Crippen MR) is 75.9 cm³/mol. The molecule has 0 saturated carbocycles. The van der Waals surface area contributed by atoms with Gasteiger partial charge in [-0.2, -0.15) is 0 Å². The molecular weight excluding hydrogens is 224 g/mol. The van der Waals surface area contributed by atoms with Gasteiger partial charge < -0.3 is 4.74 Å². The summed E-state index contributed by atoms with van der Waals surface area (Å²) in [5.41, 5.74) is 0.330. The van der Waals surface area contributed by atoms with E-state index in [-0.39, 0.29) is 0 Å². The van der Waals surface area contributed by atoms with Gasteiger partial charge in [-0.15, -0.1) is 0 Å². The molecule has 2 aliphatic rings. The molecule has 0 aliphatic carbocycles. The fraction of sp³-hybridized carbons (Fsp3) is 1.00. The summed E-state index contributed by atoms with van der Waals surface area (Å²) in [6, 6.07) is 0.775. The number of hydrogen-bond acceptors (Lipinski definition) is 3. The number of rotatable bonds is 1. The Kier molecular flexibility index (Phi) is 4.35. The van der Waals surface area contributed by atoms with Crippen LogP contribution >= 0.6 is 0 Å². The fourth-order valence-corrected chi connectivity index (χ4v) is 3.42. The lowest BCUT2D eigenvalue weighted by Gasteiger charge is -2.46. The molecule has 0 aromatic carbocycles. The minimum Gasteiger partial charge on any atom is -0.373 e. The first kappa shape index (κ1) is 14.3. The van der Waals surface area contributed by atoms with Crippen molar-refractivity contribution in [2.75, 3.05) is 26.2 Å². The number of hydrogen-bond donors (Lipinski definition) is 0. The van der Waals surface area contributed by atoms with Gasteiger partial charge in [-0.1, -0.05) is 0 Å². The van der Waals surface area contributed by atoms with Crippen LogP contribution in [0.5, 0.6) is 0 Å². The van der Waals surface area contributed by atoms with Gasteiger partial charge in [0, 0.05) is 37.8 Å². The van der Waals surface area contributed by atoms with E-state index in [0.29, 0.717) is 17.7 Å². The smallest absolute Gasteiger partial charge is 0.0678 e. The molecule has 2 saturated heterocycles. The van der Waals surface area contributed by atoms with Crippen LogP contribution in [0.4, 0.5) is 0 Å². The van der Waals surface area contributed by atoms with Crippen molar-refractivity contribution in [2.24, 2.45) is 0 Å². The van der Waals surface area contributed by atoms with Gasteiger partial charge in [-0.05, 0) is 47.5 Å². The third kappa shape index (κ3) is 3.46. The number of likely N-dealkylation sites (tertiary alicyclic amines) is 1. The van der Waals surface area contributed by atoms with Crippen LogP contribution in [0.25, 0.3) is 0 Å². The Bertz CT molecular complexity index is 256. The summed E-state index contributed by atoms with van der Waals surface area (Å²) in [6.07, 6.45) is 3.43. The highest BCUT2D eigenvalue weighted by Gasteiger charge is 2.32. The number of piperidine rings is 1. The molecule has 2 atom stereocenters. The molecule has 2 heterocycles. The molecule has 0 spiro atoms. The molecule has 0 radical (unpaired) electrons. The van der Waals surface area contributed by atoms with Crippen molar-refractivity contribution in [3.63, 3.8) is 0 Å². The third-order valence-corrected chi connectivity index (χ3v) is 4.38. The Morgan fingerprint density at radius 1 is 0.944 bits per heavy atom. The number of nitrogens with zero attached hydrogens (tertiary/aromatic N) is 2. The Morgan fingerprint density at radius 3 is 1.89 bits per heavy atom. The summed E-state index contributed by atoms with van der Waals surface area (Å²) < 4.78 is 5.83. The molecule has 0 aromatic rings. The van der Waals surface area contributed by atoms with Gasteiger partial charge in [0.1, 0.15) is 0 Å². The van der Waals surface area contributed by atoms with Gasteiger partial charge >= 0.3 is 0 Å². The van der Waals surface area contributed by atoms with Crippen molar-refractivity contribution in [1.29, 1.82) is 0 Å². The van der Waals surface area contributed by atoms with E-state index in [1.54, 1.807) is 0 Å². The average molecular weight is 254 g/mol. The molecule has 106 valence electrons. The van der Waals surface area contributed by atoms with E-state index >= 15 is 0 Å². The van der Waals surface area contributed by atoms with Crippen molar-refractivity contribution in [2.45, 2.75) is 71.2 Å². The summed E-state index contributed by atoms with van der Waals surface area (Å²) >= 11 is 0. The van der Waals surface area contributed by atoms with Gasteiger partial charge in [0.2, 0.25) is 0 Å². The van der Waals surface area contributed by atoms with Crippen LogP contribution in [0.15, 0.2) is 0 Å². The summed E-state index contributed by atoms with van der Waals surface area (Å²) in [6.45, 7) is 16.1. The van der Waals surface area contributed by atoms with Crippen molar-refractivity contribution in [3.8, 4) is 0 Å². The number of ether oxygens (including phenoxy) is 1. The quantitative estimate of drug-likeness (QED) is 0.714. The van der Waals surface area contributed by atoms with E-state index in [1.165, 1.54) is 25.9 Å². The van der Waals surface area contributed by atoms with Crippen LogP contribution < -0.4 is 0 Å². The second kappa shape index (κ2) is 5.48. The second-order valence-corrected chi connectivity index (χ2v) is 7.10. The highest BCUT2D eigenvalue weighted by atomic mass is 16.5. The SMILES string of the molecule is C[C@H]1CN(C2CCN(C(C)(C)C)CC2)C[C@H](C)O1. The summed E-state index contributed by atoms with van der Waals surface area (Å²) in [5.74, 6) is 0. The topological polar surface area (TPSA) is 15.7 Å². The fourth-order valence-electron chi connectivity index (χ4n) is 3.42. The molecule has 0 unspecified atom stereocenters. The molecule has 0 amide bonds. The zero-order chi connectivity index (χ0) is 13.3. The van der Waals surface area contributed by atoms with Gasteiger partial charge in [0.15, 0.2) is 0 Å². The van der Waals surface area contributed by atoms with Crippen LogP contribution in [0.1, 0.15) is 47.5 Å². The van der Waals surface area contributed by atoms with E-state index in [4.69, 9.17) is 4.74 Å². The largest absolute Gasteiger partial charge is 0.373 e. The maximum absolute atomic E-state index is 5.83. The second-order valence-electron chi connectivity index (χ2n) is 7.10. The third-order valence-electron chi connectivity index (χ3n) is 4.38. The van der Waals surface area contributed by atoms with Crippen LogP contribution in [0.2, 0.25) is 0 Å². The first-order valence-corrected chi connectivity index (χ1v) is 7.51. The Labute approximate surface area is 112 Å². The van der Waals surface area contributed by atoms with Crippen molar-refractivity contribution < 1.29 is 4.74 Å². The summed E-state index contributed by atoms with van der Waals surface area (Å²) in [4.78, 5) is 5.29. The zero-order valence-electron chi connectivity index (χ0n) is 12.8. The highest BCUT2D eigenvalue weighted by molar-refractivity contribution is 4.87.